The summed E-state index contributed by atoms with van der Waals surface area (Å²) >= 11 is 0. The second-order valence-corrected chi connectivity index (χ2v) is 17.5. The fourth-order valence-electron chi connectivity index (χ4n) is 11.0. The largest absolute Gasteiger partial charge is 0.455 e. The molecule has 0 fully saturated rings. The molecule has 0 spiro atoms. The second kappa shape index (κ2) is 15.8. The molecule has 67 heavy (non-hydrogen) atoms. The topological polar surface area (TPSA) is 16.4 Å². The Morgan fingerprint density at radius 1 is 0.313 bits per heavy atom. The van der Waals surface area contributed by atoms with Crippen molar-refractivity contribution in [1.82, 2.24) is 0 Å². The quantitative estimate of drug-likeness (QED) is 0.151. The van der Waals surface area contributed by atoms with Crippen molar-refractivity contribution in [2.24, 2.45) is 0 Å². The van der Waals surface area contributed by atoms with Gasteiger partial charge in [0, 0.05) is 33.3 Å². The van der Waals surface area contributed by atoms with Crippen molar-refractivity contribution in [2.75, 3.05) is 4.90 Å². The van der Waals surface area contributed by atoms with Crippen LogP contribution in [0.2, 0.25) is 0 Å². The van der Waals surface area contributed by atoms with Crippen LogP contribution in [0.15, 0.2) is 265 Å². The lowest BCUT2D eigenvalue weighted by molar-refractivity contribution is 0.670. The summed E-state index contributed by atoms with van der Waals surface area (Å²) in [4.78, 5) is 2.45. The highest BCUT2D eigenvalue weighted by atomic mass is 16.3. The van der Waals surface area contributed by atoms with Gasteiger partial charge in [0.15, 0.2) is 0 Å². The first kappa shape index (κ1) is 38.7. The maximum atomic E-state index is 6.51. The molecule has 13 rings (SSSR count). The first-order valence-electron chi connectivity index (χ1n) is 23.1. The molecule has 1 aliphatic carbocycles. The highest BCUT2D eigenvalue weighted by molar-refractivity contribution is 6.09. The Morgan fingerprint density at radius 2 is 0.791 bits per heavy atom. The van der Waals surface area contributed by atoms with E-state index >= 15 is 0 Å². The number of para-hydroxylation sites is 2. The van der Waals surface area contributed by atoms with Crippen molar-refractivity contribution in [2.45, 2.75) is 5.41 Å². The zero-order valence-corrected chi connectivity index (χ0v) is 36.7. The predicted molar refractivity (Wildman–Crippen MR) is 280 cm³/mol. The maximum Gasteiger partial charge on any atom is 0.143 e. The molecule has 0 aliphatic heterocycles. The molecular formula is C65H43NO. The molecule has 0 unspecified atom stereocenters. The summed E-state index contributed by atoms with van der Waals surface area (Å²) in [6.07, 6.45) is 0. The third kappa shape index (κ3) is 6.18. The van der Waals surface area contributed by atoms with Crippen LogP contribution >= 0.6 is 0 Å². The molecule has 0 N–H and O–H groups in total. The van der Waals surface area contributed by atoms with E-state index in [-0.39, 0.29) is 0 Å². The van der Waals surface area contributed by atoms with Crippen molar-refractivity contribution >= 4 is 49.8 Å². The summed E-state index contributed by atoms with van der Waals surface area (Å²) < 4.78 is 6.51. The molecular weight excluding hydrogens is 811 g/mol. The molecule has 0 saturated heterocycles. The molecule has 1 aromatic heterocycles. The van der Waals surface area contributed by atoms with E-state index < -0.39 is 5.41 Å². The van der Waals surface area contributed by atoms with Crippen LogP contribution in [-0.4, -0.2) is 0 Å². The van der Waals surface area contributed by atoms with Gasteiger partial charge in [-0.1, -0.05) is 224 Å². The van der Waals surface area contributed by atoms with Gasteiger partial charge in [0.25, 0.3) is 0 Å². The van der Waals surface area contributed by atoms with Crippen LogP contribution in [-0.2, 0) is 5.41 Å². The van der Waals surface area contributed by atoms with E-state index in [1.54, 1.807) is 0 Å². The molecule has 2 nitrogen and oxygen atoms in total. The third-order valence-corrected chi connectivity index (χ3v) is 14.0. The zero-order chi connectivity index (χ0) is 44.3. The molecule has 0 saturated carbocycles. The monoisotopic (exact) mass is 853 g/mol. The molecule has 1 heterocycles. The fourth-order valence-corrected chi connectivity index (χ4v) is 11.0. The smallest absolute Gasteiger partial charge is 0.143 e. The van der Waals surface area contributed by atoms with Crippen LogP contribution in [0.5, 0.6) is 0 Å². The van der Waals surface area contributed by atoms with Crippen molar-refractivity contribution in [3.8, 4) is 44.5 Å². The van der Waals surface area contributed by atoms with Gasteiger partial charge in [0.1, 0.15) is 11.2 Å². The number of fused-ring (bicyclic) bond motifs is 7. The fraction of sp³-hybridized carbons (Fsp3) is 0.0154. The third-order valence-electron chi connectivity index (χ3n) is 14.0. The summed E-state index contributed by atoms with van der Waals surface area (Å²) in [5.41, 5.74) is 19.0. The number of nitrogens with zero attached hydrogens (tertiary/aromatic N) is 1. The molecule has 2 heteroatoms. The lowest BCUT2D eigenvalue weighted by Crippen LogP contribution is -2.28. The van der Waals surface area contributed by atoms with E-state index in [2.05, 4.69) is 254 Å². The Morgan fingerprint density at radius 3 is 1.52 bits per heavy atom. The van der Waals surface area contributed by atoms with Crippen LogP contribution in [0.3, 0.4) is 0 Å². The maximum absolute atomic E-state index is 6.51. The minimum Gasteiger partial charge on any atom is -0.455 e. The molecule has 314 valence electrons. The predicted octanol–water partition coefficient (Wildman–Crippen LogP) is 17.6. The lowest BCUT2D eigenvalue weighted by atomic mass is 9.68. The number of rotatable bonds is 8. The molecule has 11 aromatic carbocycles. The summed E-state index contributed by atoms with van der Waals surface area (Å²) in [6.45, 7) is 0. The van der Waals surface area contributed by atoms with Crippen LogP contribution < -0.4 is 4.90 Å². The van der Waals surface area contributed by atoms with Gasteiger partial charge in [0.2, 0.25) is 0 Å². The van der Waals surface area contributed by atoms with Crippen molar-refractivity contribution in [3.05, 3.63) is 283 Å². The van der Waals surface area contributed by atoms with Gasteiger partial charge in [-0.15, -0.1) is 0 Å². The van der Waals surface area contributed by atoms with E-state index in [1.807, 2.05) is 12.1 Å². The summed E-state index contributed by atoms with van der Waals surface area (Å²) in [5, 5.41) is 4.77. The van der Waals surface area contributed by atoms with E-state index in [0.29, 0.717) is 0 Å². The van der Waals surface area contributed by atoms with Gasteiger partial charge >= 0.3 is 0 Å². The first-order valence-corrected chi connectivity index (χ1v) is 23.1. The minimum atomic E-state index is -0.521. The van der Waals surface area contributed by atoms with Crippen molar-refractivity contribution < 1.29 is 4.42 Å². The average Bonchev–Trinajstić information content (AvgIpc) is 3.94. The van der Waals surface area contributed by atoms with Gasteiger partial charge in [-0.05, 0) is 103 Å². The molecule has 0 radical (unpaired) electrons. The van der Waals surface area contributed by atoms with Crippen molar-refractivity contribution in [1.29, 1.82) is 0 Å². The molecule has 0 atom stereocenters. The highest BCUT2D eigenvalue weighted by Gasteiger charge is 2.47. The average molecular weight is 854 g/mol. The Hall–Kier alpha value is -8.72. The van der Waals surface area contributed by atoms with Gasteiger partial charge in [-0.3, -0.25) is 0 Å². The van der Waals surface area contributed by atoms with Gasteiger partial charge < -0.3 is 9.32 Å². The summed E-state index contributed by atoms with van der Waals surface area (Å²) in [6, 6.07) is 95.0. The van der Waals surface area contributed by atoms with Gasteiger partial charge in [-0.25, -0.2) is 0 Å². The number of furan rings is 1. The number of anilines is 3. The summed E-state index contributed by atoms with van der Waals surface area (Å²) in [5.74, 6) is 0. The van der Waals surface area contributed by atoms with Crippen LogP contribution in [0.25, 0.3) is 77.2 Å². The first-order chi connectivity index (χ1) is 33.2. The zero-order valence-electron chi connectivity index (χ0n) is 36.7. The molecule has 1 aliphatic rings. The van der Waals surface area contributed by atoms with Crippen LogP contribution in [0.4, 0.5) is 17.1 Å². The lowest BCUT2D eigenvalue weighted by Gasteiger charge is -2.34. The van der Waals surface area contributed by atoms with Crippen LogP contribution in [0, 0.1) is 0 Å². The van der Waals surface area contributed by atoms with E-state index in [0.717, 1.165) is 50.1 Å². The van der Waals surface area contributed by atoms with E-state index in [1.165, 1.54) is 66.4 Å². The standard InChI is InChI=1S/C65H43NO/c1-3-18-49(19-4-1)65(50-20-5-2-6-21-50)59-28-11-9-24-58(59)63-60(65)29-15-30-61(63)66(52-42-38-48(39-43-52)55-26-14-27-57-56-23-10-12-31-62(56)67-64(55)57)51-40-36-45(37-41-51)44-32-34-47(35-33-44)54-25-13-17-46-16-7-8-22-53(46)54/h1-43H. The Bertz CT molecular complexity index is 3730. The SMILES string of the molecule is c1ccc(C2(c3ccccc3)c3ccccc3-c3c(N(c4ccc(-c5ccc(-c6cccc7ccccc67)cc5)cc4)c4ccc(-c5cccc6c5oc5ccccc56)cc4)cccc32)cc1. The molecule has 0 amide bonds. The number of hydrogen-bond acceptors (Lipinski definition) is 2. The van der Waals surface area contributed by atoms with Gasteiger partial charge in [0.05, 0.1) is 11.1 Å². The molecule has 0 bridgehead atoms. The van der Waals surface area contributed by atoms with E-state index in [9.17, 15) is 0 Å². The van der Waals surface area contributed by atoms with Gasteiger partial charge in [-0.2, -0.15) is 0 Å². The minimum absolute atomic E-state index is 0.521. The highest BCUT2D eigenvalue weighted by Crippen LogP contribution is 2.59. The summed E-state index contributed by atoms with van der Waals surface area (Å²) in [7, 11) is 0. The second-order valence-electron chi connectivity index (χ2n) is 17.5. The van der Waals surface area contributed by atoms with Crippen LogP contribution in [0.1, 0.15) is 22.3 Å². The number of hydrogen-bond donors (Lipinski definition) is 0. The Labute approximate surface area is 390 Å². The van der Waals surface area contributed by atoms with Crippen molar-refractivity contribution in [3.63, 3.8) is 0 Å². The molecule has 12 aromatic rings. The number of benzene rings is 11. The Balaban J connectivity index is 0.968. The normalized spacial score (nSPS) is 12.6. The Kier molecular flexibility index (Phi) is 9.11. The van der Waals surface area contributed by atoms with E-state index in [4.69, 9.17) is 4.42 Å².